The molecule has 3 aromatic heterocycles. The minimum Gasteiger partial charge on any atom is -0.361 e. The summed E-state index contributed by atoms with van der Waals surface area (Å²) in [6, 6.07) is 4.24. The Balaban J connectivity index is 1.81. The van der Waals surface area contributed by atoms with Gasteiger partial charge >= 0.3 is 0 Å². The summed E-state index contributed by atoms with van der Waals surface area (Å²) in [6.45, 7) is 5.84. The molecule has 7 nitrogen and oxygen atoms in total. The molecule has 0 bridgehead atoms. The first kappa shape index (κ1) is 14.4. The molecule has 1 aliphatic carbocycles. The first-order valence-electron chi connectivity index (χ1n) is 8.45. The number of rotatable bonds is 3. The molecule has 5 rings (SSSR count). The minimum atomic E-state index is 0.560. The Kier molecular flexibility index (Phi) is 2.89. The largest absolute Gasteiger partial charge is 0.361 e. The van der Waals surface area contributed by atoms with E-state index in [-0.39, 0.29) is 0 Å². The van der Waals surface area contributed by atoms with Crippen molar-refractivity contribution in [2.45, 2.75) is 39.5 Å². The summed E-state index contributed by atoms with van der Waals surface area (Å²) in [4.78, 5) is 8.37. The molecule has 7 heteroatoms. The molecule has 0 amide bonds. The van der Waals surface area contributed by atoms with E-state index in [1.165, 1.54) is 12.8 Å². The Morgan fingerprint density at radius 2 is 2.04 bits per heavy atom. The number of hydrogen-bond acceptors (Lipinski definition) is 5. The van der Waals surface area contributed by atoms with Crippen LogP contribution in [-0.4, -0.2) is 29.9 Å². The number of fused-ring (bicyclic) bond motifs is 1. The molecule has 0 unspecified atom stereocenters. The molecule has 1 aromatic carbocycles. The number of hydrogen-bond donors (Lipinski definition) is 1. The Labute approximate surface area is 144 Å². The Bertz CT molecular complexity index is 1080. The normalized spacial score (nSPS) is 14.5. The molecule has 1 fully saturated rings. The second-order valence-electron chi connectivity index (χ2n) is 6.74. The molecule has 25 heavy (non-hydrogen) atoms. The fourth-order valence-electron chi connectivity index (χ4n) is 3.42. The highest BCUT2D eigenvalue weighted by Crippen LogP contribution is 2.40. The van der Waals surface area contributed by atoms with Gasteiger partial charge in [-0.2, -0.15) is 0 Å². The van der Waals surface area contributed by atoms with Crippen LogP contribution in [0.5, 0.6) is 0 Å². The smallest absolute Gasteiger partial charge is 0.141 e. The lowest BCUT2D eigenvalue weighted by atomic mass is 10.0. The van der Waals surface area contributed by atoms with E-state index in [0.29, 0.717) is 5.92 Å². The Morgan fingerprint density at radius 1 is 1.20 bits per heavy atom. The van der Waals surface area contributed by atoms with Crippen molar-refractivity contribution in [3.63, 3.8) is 0 Å². The molecule has 0 spiro atoms. The van der Waals surface area contributed by atoms with Crippen molar-refractivity contribution in [3.8, 4) is 16.8 Å². The van der Waals surface area contributed by atoms with E-state index in [1.807, 2.05) is 25.3 Å². The summed E-state index contributed by atoms with van der Waals surface area (Å²) < 4.78 is 7.34. The Hall–Kier alpha value is -2.96. The molecular formula is C18H18N6O. The van der Waals surface area contributed by atoms with Crippen LogP contribution in [0.15, 0.2) is 23.0 Å². The van der Waals surface area contributed by atoms with Gasteiger partial charge in [-0.3, -0.25) is 4.57 Å². The molecule has 0 aliphatic heterocycles. The van der Waals surface area contributed by atoms with Crippen molar-refractivity contribution >= 4 is 11.0 Å². The van der Waals surface area contributed by atoms with Crippen molar-refractivity contribution in [2.75, 3.05) is 0 Å². The predicted molar refractivity (Wildman–Crippen MR) is 92.7 cm³/mol. The second-order valence-corrected chi connectivity index (χ2v) is 6.74. The molecule has 0 atom stereocenters. The first-order chi connectivity index (χ1) is 12.1. The topological polar surface area (TPSA) is 85.4 Å². The molecule has 0 saturated heterocycles. The van der Waals surface area contributed by atoms with E-state index in [9.17, 15) is 0 Å². The van der Waals surface area contributed by atoms with Gasteiger partial charge in [0.25, 0.3) is 0 Å². The molecule has 3 heterocycles. The number of aromatic nitrogens is 6. The van der Waals surface area contributed by atoms with Gasteiger partial charge in [-0.15, -0.1) is 10.2 Å². The average Bonchev–Trinajstić information content (AvgIpc) is 3.07. The molecule has 1 saturated carbocycles. The lowest BCUT2D eigenvalue weighted by molar-refractivity contribution is 0.393. The third-order valence-electron chi connectivity index (χ3n) is 4.85. The predicted octanol–water partition coefficient (Wildman–Crippen LogP) is 3.60. The van der Waals surface area contributed by atoms with Crippen molar-refractivity contribution in [3.05, 3.63) is 41.6 Å². The van der Waals surface area contributed by atoms with E-state index < -0.39 is 0 Å². The van der Waals surface area contributed by atoms with Crippen LogP contribution >= 0.6 is 0 Å². The van der Waals surface area contributed by atoms with Gasteiger partial charge in [-0.1, -0.05) is 5.16 Å². The molecule has 126 valence electrons. The van der Waals surface area contributed by atoms with Gasteiger partial charge in [0.15, 0.2) is 0 Å². The zero-order valence-electron chi connectivity index (χ0n) is 14.4. The molecule has 0 radical (unpaired) electrons. The third-order valence-corrected chi connectivity index (χ3v) is 4.85. The zero-order chi connectivity index (χ0) is 17.1. The Morgan fingerprint density at radius 3 is 2.68 bits per heavy atom. The van der Waals surface area contributed by atoms with Crippen molar-refractivity contribution < 1.29 is 4.52 Å². The van der Waals surface area contributed by atoms with E-state index in [2.05, 4.69) is 32.5 Å². The van der Waals surface area contributed by atoms with E-state index >= 15 is 0 Å². The fraction of sp³-hybridized carbons (Fsp3) is 0.333. The lowest BCUT2D eigenvalue weighted by Gasteiger charge is -2.08. The summed E-state index contributed by atoms with van der Waals surface area (Å²) in [5.74, 6) is 3.26. The summed E-state index contributed by atoms with van der Waals surface area (Å²) in [5, 5.41) is 12.3. The standard InChI is InChI=1S/C18H18N6O/c1-9-16(10(2)25-23-9)13-6-14-17(21-18(20-14)12-4-5-12)15(7-13)24-8-19-22-11(24)3/h6-8,12H,4-5H2,1-3H3,(H,20,21). The number of nitrogens with zero attached hydrogens (tertiary/aromatic N) is 5. The number of H-pyrrole nitrogens is 1. The van der Waals surface area contributed by atoms with Crippen LogP contribution in [0.25, 0.3) is 27.8 Å². The lowest BCUT2D eigenvalue weighted by Crippen LogP contribution is -1.98. The van der Waals surface area contributed by atoms with Crippen LogP contribution in [0.4, 0.5) is 0 Å². The van der Waals surface area contributed by atoms with Crippen LogP contribution in [0, 0.1) is 20.8 Å². The fourth-order valence-corrected chi connectivity index (χ4v) is 3.42. The van der Waals surface area contributed by atoms with Gasteiger partial charge in [0.05, 0.1) is 16.9 Å². The van der Waals surface area contributed by atoms with Crippen LogP contribution in [0.3, 0.4) is 0 Å². The average molecular weight is 334 g/mol. The van der Waals surface area contributed by atoms with Crippen LogP contribution in [0.2, 0.25) is 0 Å². The van der Waals surface area contributed by atoms with Gasteiger partial charge in [0.2, 0.25) is 0 Å². The summed E-state index contributed by atoms with van der Waals surface area (Å²) in [5.41, 5.74) is 5.89. The summed E-state index contributed by atoms with van der Waals surface area (Å²) in [6.07, 6.45) is 4.14. The van der Waals surface area contributed by atoms with E-state index in [0.717, 1.165) is 51.0 Å². The van der Waals surface area contributed by atoms with E-state index in [1.54, 1.807) is 6.33 Å². The number of aryl methyl sites for hydroxylation is 3. The van der Waals surface area contributed by atoms with Gasteiger partial charge in [0, 0.05) is 11.5 Å². The maximum atomic E-state index is 5.36. The number of imidazole rings is 1. The maximum absolute atomic E-state index is 5.36. The third kappa shape index (κ3) is 2.19. The second kappa shape index (κ2) is 5.02. The number of aromatic amines is 1. The molecule has 1 aliphatic rings. The van der Waals surface area contributed by atoms with Crippen LogP contribution in [-0.2, 0) is 0 Å². The molecule has 1 N–H and O–H groups in total. The first-order valence-corrected chi connectivity index (χ1v) is 8.45. The highest BCUT2D eigenvalue weighted by Gasteiger charge is 2.28. The van der Waals surface area contributed by atoms with Crippen LogP contribution < -0.4 is 0 Å². The van der Waals surface area contributed by atoms with Crippen LogP contribution in [0.1, 0.15) is 41.9 Å². The SMILES string of the molecule is Cc1noc(C)c1-c1cc(-n2cnnc2C)c2nc(C3CC3)[nH]c2c1. The van der Waals surface area contributed by atoms with Gasteiger partial charge in [-0.05, 0) is 51.3 Å². The minimum absolute atomic E-state index is 0.560. The van der Waals surface area contributed by atoms with E-state index in [4.69, 9.17) is 9.51 Å². The van der Waals surface area contributed by atoms with Crippen molar-refractivity contribution in [1.82, 2.24) is 29.9 Å². The maximum Gasteiger partial charge on any atom is 0.141 e. The van der Waals surface area contributed by atoms with Crippen molar-refractivity contribution in [2.24, 2.45) is 0 Å². The van der Waals surface area contributed by atoms with Gasteiger partial charge in [0.1, 0.15) is 29.3 Å². The molecular weight excluding hydrogens is 316 g/mol. The van der Waals surface area contributed by atoms with Crippen molar-refractivity contribution in [1.29, 1.82) is 0 Å². The summed E-state index contributed by atoms with van der Waals surface area (Å²) in [7, 11) is 0. The van der Waals surface area contributed by atoms with Gasteiger partial charge in [-0.25, -0.2) is 4.98 Å². The quantitative estimate of drug-likeness (QED) is 0.618. The summed E-state index contributed by atoms with van der Waals surface area (Å²) >= 11 is 0. The zero-order valence-corrected chi connectivity index (χ0v) is 14.4. The van der Waals surface area contributed by atoms with Gasteiger partial charge < -0.3 is 9.51 Å². The number of benzene rings is 1. The number of nitrogens with one attached hydrogen (secondary N) is 1. The monoisotopic (exact) mass is 334 g/mol. The highest BCUT2D eigenvalue weighted by molar-refractivity contribution is 5.90. The molecule has 4 aromatic rings. The highest BCUT2D eigenvalue weighted by atomic mass is 16.5.